The number of hydrogen-bond donors (Lipinski definition) is 28. The summed E-state index contributed by atoms with van der Waals surface area (Å²) in [6.07, 6.45) is 0. The smallest absolute Gasteiger partial charge is 0.338 e. The molecule has 0 saturated carbocycles. The molecule has 0 aromatic rings. The van der Waals surface area contributed by atoms with Gasteiger partial charge in [-0.2, -0.15) is 0 Å². The molecule has 99 heavy (non-hydrogen) atoms. The highest BCUT2D eigenvalue weighted by Gasteiger charge is 3.02. The predicted molar refractivity (Wildman–Crippen MR) is 472 cm³/mol. The Balaban J connectivity index is 15.5. The zero-order valence-electron chi connectivity index (χ0n) is 55.9. The average Bonchev–Trinajstić information content (AvgIpc) is 0.633. The zero-order valence-corrected chi connectivity index (χ0v) is 112. The van der Waals surface area contributed by atoms with Crippen LogP contribution in [0.15, 0.2) is 24.6 Å². The lowest BCUT2D eigenvalue weighted by Gasteiger charge is -2.73. The van der Waals surface area contributed by atoms with Crippen molar-refractivity contribution in [2.24, 2.45) is 0 Å². The van der Waals surface area contributed by atoms with Gasteiger partial charge in [0.2, 0.25) is 98.6 Å². The van der Waals surface area contributed by atoms with Gasteiger partial charge in [-0.3, -0.25) is 0 Å². The minimum Gasteiger partial charge on any atom is -0.460 e. The van der Waals surface area contributed by atoms with Crippen molar-refractivity contribution < 1.29 is 200 Å². The second kappa shape index (κ2) is 48.2. The molecular weight excluding hydrogens is 2090 g/mol. The standard InChI is InChI=1S/C10H108O44Si45/c1-9-83(38)97(47-63-19,96(80-36,81-37)48-82(3)4)99(95(78-34,79-35)46-62-18,53-88(68-24,69-25)41-57-13)90(50-85(7,8)49-84(5,6)10-2,98(93(74-30,75-31)44-60-16,94(76-32,77-33)45-61-17)52-87(66-22,67-23)40-56-12)54-89(91(70-26,71-27)42-58-14,92(72-28,73-29)43-59-15)51-86(64-20,65-21)39-55-11/h9-38,82-83H,1-2,55-81H2,3-8H3. The fourth-order valence-corrected chi connectivity index (χ4v) is 836. The zero-order chi connectivity index (χ0) is 77.0. The molecule has 592 valence electrons. The molecule has 0 aromatic carbocycles. The summed E-state index contributed by atoms with van der Waals surface area (Å²) in [4.78, 5) is 356. The molecule has 4 unspecified atom stereocenters. The molecule has 0 aliphatic carbocycles. The maximum Gasteiger partial charge on any atom is 0.338 e. The van der Waals surface area contributed by atoms with Crippen molar-refractivity contribution in [3.63, 3.8) is 0 Å². The molecule has 4 atom stereocenters. The van der Waals surface area contributed by atoms with Crippen molar-refractivity contribution >= 4 is 391 Å². The first kappa shape index (κ1) is 106. The van der Waals surface area contributed by atoms with Crippen LogP contribution in [0.25, 0.3) is 0 Å². The van der Waals surface area contributed by atoms with E-state index in [2.05, 4.69) is 13.2 Å². The SMILES string of the molecule is C=C[SiH](O)[Si](O[SiH2]O)([Si](O[SiH](C)C)([SiH2]O)[SiH2]O)[Si](O[Si](O[SiH2]O)([SiH2]O)[SiH2]O)([Si](O[SiH2]O)([SiH2]O)[SiH2]O)[Si](O[Si](C)(C)O[Si](C)(C)C=C)(O[Si](O[Si](O[SiH2]O)([SiH2]O)[SiH2]O)([Si](O[SiH2]O)([SiH2]O)[SiH2]O)[Si](O[SiH2]O)([SiH2]O)[SiH2]O)[Si](O[Si](O[SiH2]O)([SiH2]O)[SiH2]O)([Si](O[SiH2]O)([SiH2]O)[SiH2]O)[Si](O[SiH2]O)([SiH2]O)[SiH2]O. The van der Waals surface area contributed by atoms with Crippen LogP contribution in [0.5, 0.6) is 0 Å². The fourth-order valence-electron chi connectivity index (χ4n) is 12.1. The molecular formula is C10H108O44Si45. The second-order valence-electron chi connectivity index (χ2n) is 23.0. The molecule has 0 radical (unpaired) electrons. The Morgan fingerprint density at radius 3 is 0.818 bits per heavy atom. The van der Waals surface area contributed by atoms with Crippen molar-refractivity contribution in [3.8, 4) is 0 Å². The average molecular weight is 2200 g/mol. The normalized spacial score (nSPS) is 25.1. The van der Waals surface area contributed by atoms with Crippen molar-refractivity contribution in [2.45, 2.75) is 39.3 Å². The van der Waals surface area contributed by atoms with Crippen molar-refractivity contribution in [2.75, 3.05) is 0 Å². The summed E-state index contributed by atoms with van der Waals surface area (Å²) in [5, 5.41) is 0. The van der Waals surface area contributed by atoms with Crippen LogP contribution in [0.4, 0.5) is 0 Å². The van der Waals surface area contributed by atoms with E-state index in [1.165, 1.54) is 45.0 Å². The molecule has 0 heterocycles. The Hall–Kier alpha value is 7.48. The van der Waals surface area contributed by atoms with Gasteiger partial charge >= 0.3 is 46.5 Å². The summed E-state index contributed by atoms with van der Waals surface area (Å²) in [6.45, 7) is -41.8. The van der Waals surface area contributed by atoms with Gasteiger partial charge in [-0.05, 0) is 39.3 Å². The number of hydrogen-bond acceptors (Lipinski definition) is 44. The molecule has 0 saturated heterocycles. The highest BCUT2D eigenvalue weighted by Crippen LogP contribution is 2.56. The van der Waals surface area contributed by atoms with E-state index in [1.54, 1.807) is 0 Å². The summed E-state index contributed by atoms with van der Waals surface area (Å²) < 4.78 is 116. The molecule has 44 nitrogen and oxygen atoms in total. The minimum atomic E-state index is -8.08. The minimum absolute atomic E-state index is 0.812. The molecule has 89 heteroatoms. The van der Waals surface area contributed by atoms with E-state index in [-0.39, 0.29) is 0 Å². The van der Waals surface area contributed by atoms with Gasteiger partial charge in [0, 0.05) is 0 Å². The van der Waals surface area contributed by atoms with E-state index in [4.69, 9.17) is 65.8 Å². The summed E-state index contributed by atoms with van der Waals surface area (Å²) in [7, 11) is -147. The number of rotatable bonds is 62. The topological polar surface area (TPSA) is 714 Å². The van der Waals surface area contributed by atoms with Crippen LogP contribution < -0.4 is 0 Å². The van der Waals surface area contributed by atoms with Crippen LogP contribution in [0.3, 0.4) is 0 Å². The first-order valence-electron chi connectivity index (χ1n) is 29.6. The Bertz CT molecular complexity index is 2210. The summed E-state index contributed by atoms with van der Waals surface area (Å²) in [5.41, 5.74) is 2.14. The third-order valence-corrected chi connectivity index (χ3v) is 478. The lowest BCUT2D eigenvalue weighted by Crippen LogP contribution is -3.16. The molecule has 0 fully saturated rings. The third kappa shape index (κ3) is 21.3. The van der Waals surface area contributed by atoms with E-state index in [0.717, 1.165) is 5.70 Å². The summed E-state index contributed by atoms with van der Waals surface area (Å²) in [6, 6.07) is 0. The molecule has 0 rings (SSSR count). The summed E-state index contributed by atoms with van der Waals surface area (Å²) in [5.74, 6) is 0. The van der Waals surface area contributed by atoms with Crippen molar-refractivity contribution in [1.29, 1.82) is 0 Å². The van der Waals surface area contributed by atoms with Crippen LogP contribution in [0, 0.1) is 0 Å². The third-order valence-electron chi connectivity index (χ3n) is 16.5. The second-order valence-corrected chi connectivity index (χ2v) is 274. The maximum absolute atomic E-state index is 14.6. The molecule has 0 aliphatic rings. The van der Waals surface area contributed by atoms with Gasteiger partial charge in [-0.1, -0.05) is 11.4 Å². The van der Waals surface area contributed by atoms with E-state index in [0.29, 0.717) is 0 Å². The Labute approximate surface area is 648 Å². The van der Waals surface area contributed by atoms with Crippen molar-refractivity contribution in [1.82, 2.24) is 0 Å². The van der Waals surface area contributed by atoms with E-state index in [9.17, 15) is 134 Å². The lowest BCUT2D eigenvalue weighted by molar-refractivity contribution is 0.292. The molecule has 0 spiro atoms. The Morgan fingerprint density at radius 2 is 0.566 bits per heavy atom. The van der Waals surface area contributed by atoms with Gasteiger partial charge in [0.15, 0.2) is 129 Å². The van der Waals surface area contributed by atoms with Crippen LogP contribution in [-0.2, 0) is 65.8 Å². The molecule has 28 N–H and O–H groups in total. The molecule has 0 bridgehead atoms. The van der Waals surface area contributed by atoms with E-state index >= 15 is 0 Å². The molecule has 0 aromatic heterocycles. The van der Waals surface area contributed by atoms with Gasteiger partial charge in [-0.25, -0.2) is 0 Å². The molecule has 0 aliphatic heterocycles. The van der Waals surface area contributed by atoms with E-state index in [1.807, 2.05) is 0 Å². The van der Waals surface area contributed by atoms with Crippen LogP contribution >= 0.6 is 0 Å². The monoisotopic (exact) mass is 2190 g/mol. The fraction of sp³-hybridized carbons (Fsp3) is 0.600. The Morgan fingerprint density at radius 1 is 0.293 bits per heavy atom. The van der Waals surface area contributed by atoms with Gasteiger partial charge in [0.05, 0.1) is 0 Å². The largest absolute Gasteiger partial charge is 0.460 e. The first-order valence-corrected chi connectivity index (χ1v) is 141. The first-order chi connectivity index (χ1) is 46.6. The predicted octanol–water partition coefficient (Wildman–Crippen LogP) is -44.0. The van der Waals surface area contributed by atoms with Crippen molar-refractivity contribution in [3.05, 3.63) is 24.6 Å². The molecule has 0 amide bonds. The van der Waals surface area contributed by atoms with Gasteiger partial charge in [0.25, 0.3) is 118 Å². The quantitative estimate of drug-likeness (QED) is 0.0251. The van der Waals surface area contributed by atoms with Crippen LogP contribution in [0.2, 0.25) is 39.3 Å². The Kier molecular flexibility index (Phi) is 51.9. The van der Waals surface area contributed by atoms with Gasteiger partial charge in [0.1, 0.15) is 0 Å². The summed E-state index contributed by atoms with van der Waals surface area (Å²) >= 11 is 0. The highest BCUT2D eigenvalue weighted by atomic mass is 30.5. The lowest BCUT2D eigenvalue weighted by atomic mass is 11.3. The van der Waals surface area contributed by atoms with Gasteiger partial charge in [-0.15, -0.1) is 13.2 Å². The maximum atomic E-state index is 14.6. The highest BCUT2D eigenvalue weighted by molar-refractivity contribution is 8.27. The van der Waals surface area contributed by atoms with Gasteiger partial charge < -0.3 is 200 Å². The van der Waals surface area contributed by atoms with Crippen LogP contribution in [-0.4, -0.2) is 526 Å². The van der Waals surface area contributed by atoms with E-state index < -0.39 is 391 Å². The van der Waals surface area contributed by atoms with Crippen LogP contribution in [0.1, 0.15) is 0 Å².